The van der Waals surface area contributed by atoms with E-state index in [1.165, 1.54) is 5.56 Å². The van der Waals surface area contributed by atoms with Gasteiger partial charge >= 0.3 is 0 Å². The Balaban J connectivity index is 2.57. The van der Waals surface area contributed by atoms with E-state index in [1.807, 2.05) is 0 Å². The van der Waals surface area contributed by atoms with Crippen LogP contribution in [0.2, 0.25) is 0 Å². The van der Waals surface area contributed by atoms with Crippen molar-refractivity contribution in [2.45, 2.75) is 47.2 Å². The van der Waals surface area contributed by atoms with Gasteiger partial charge in [0.05, 0.1) is 19.6 Å². The lowest BCUT2D eigenvalue weighted by Crippen LogP contribution is -2.24. The molecule has 0 aliphatic carbocycles. The molecule has 1 aromatic rings. The smallest absolute Gasteiger partial charge is 0.120 e. The monoisotopic (exact) mass is 276 g/mol. The van der Waals surface area contributed by atoms with E-state index in [2.05, 4.69) is 49.9 Å². The summed E-state index contributed by atoms with van der Waals surface area (Å²) in [5.41, 5.74) is 1.22. The summed E-state index contributed by atoms with van der Waals surface area (Å²) < 4.78 is 5.95. The molecule has 0 radical (unpaired) electrons. The molecule has 112 valence electrons. The Hall–Kier alpha value is -1.24. The number of terminal acetylenes is 1. The van der Waals surface area contributed by atoms with Gasteiger partial charge in [0.1, 0.15) is 11.5 Å². The van der Waals surface area contributed by atoms with Crippen LogP contribution in [-0.2, 0) is 13.1 Å². The first-order valence-electron chi connectivity index (χ1n) is 7.51. The van der Waals surface area contributed by atoms with Crippen LogP contribution in [0, 0.1) is 25.2 Å². The van der Waals surface area contributed by atoms with Crippen molar-refractivity contribution in [1.29, 1.82) is 0 Å². The molecular weight excluding hydrogens is 248 g/mol. The summed E-state index contributed by atoms with van der Waals surface area (Å²) in [6.45, 7) is 13.0. The fourth-order valence-electron chi connectivity index (χ4n) is 2.20. The summed E-state index contributed by atoms with van der Waals surface area (Å²) in [7, 11) is 0. The van der Waals surface area contributed by atoms with E-state index in [1.54, 1.807) is 0 Å². The minimum absolute atomic E-state index is 0.653. The second-order valence-electron chi connectivity index (χ2n) is 5.76. The number of rotatable bonds is 9. The predicted molar refractivity (Wildman–Crippen MR) is 84.4 cm³/mol. The van der Waals surface area contributed by atoms with E-state index in [0.29, 0.717) is 12.5 Å². The van der Waals surface area contributed by atoms with Gasteiger partial charge in [-0.2, -0.15) is 0 Å². The van der Waals surface area contributed by atoms with Crippen LogP contribution in [0.4, 0.5) is 0 Å². The number of hydrogen-bond acceptors (Lipinski definition) is 3. The molecule has 0 bridgehead atoms. The van der Waals surface area contributed by atoms with Gasteiger partial charge in [0.2, 0.25) is 0 Å². The fraction of sp³-hybridized carbons (Fsp3) is 0.647. The van der Waals surface area contributed by atoms with Gasteiger partial charge in [0.25, 0.3) is 0 Å². The lowest BCUT2D eigenvalue weighted by molar-refractivity contribution is 0.268. The highest BCUT2D eigenvalue weighted by Gasteiger charge is 2.11. The Bertz CT molecular complexity index is 429. The zero-order chi connectivity index (χ0) is 15.0. The summed E-state index contributed by atoms with van der Waals surface area (Å²) in [4.78, 5) is 2.24. The molecule has 1 N–H and O–H groups in total. The first-order chi connectivity index (χ1) is 9.56. The maximum absolute atomic E-state index is 5.95. The van der Waals surface area contributed by atoms with E-state index in [0.717, 1.165) is 44.1 Å². The molecule has 0 saturated carbocycles. The molecule has 3 nitrogen and oxygen atoms in total. The standard InChI is InChI=1S/C17H28N2O/c1-6-8-19(9-7-2)13-16-10-15(5)17(20-16)12-18-11-14(3)4/h1,10,14,18H,7-9,11-13H2,2-5H3. The third kappa shape index (κ3) is 5.81. The Morgan fingerprint density at radius 1 is 1.45 bits per heavy atom. The lowest BCUT2D eigenvalue weighted by Gasteiger charge is -2.17. The van der Waals surface area contributed by atoms with E-state index in [9.17, 15) is 0 Å². The minimum atomic E-state index is 0.653. The first kappa shape index (κ1) is 16.8. The first-order valence-corrected chi connectivity index (χ1v) is 7.51. The summed E-state index contributed by atoms with van der Waals surface area (Å²) >= 11 is 0. The van der Waals surface area contributed by atoms with Crippen molar-refractivity contribution in [2.24, 2.45) is 5.92 Å². The van der Waals surface area contributed by atoms with Gasteiger partial charge in [-0.3, -0.25) is 4.90 Å². The van der Waals surface area contributed by atoms with Crippen LogP contribution in [0.3, 0.4) is 0 Å². The highest BCUT2D eigenvalue weighted by Crippen LogP contribution is 2.16. The van der Waals surface area contributed by atoms with Crippen LogP contribution < -0.4 is 5.32 Å². The highest BCUT2D eigenvalue weighted by molar-refractivity contribution is 5.20. The normalized spacial score (nSPS) is 11.2. The molecule has 1 aromatic heterocycles. The zero-order valence-corrected chi connectivity index (χ0v) is 13.3. The molecule has 0 saturated heterocycles. The zero-order valence-electron chi connectivity index (χ0n) is 13.3. The Kier molecular flexibility index (Phi) is 7.43. The number of nitrogens with one attached hydrogen (secondary N) is 1. The topological polar surface area (TPSA) is 28.4 Å². The van der Waals surface area contributed by atoms with Gasteiger partial charge in [-0.05, 0) is 44.0 Å². The van der Waals surface area contributed by atoms with Crippen LogP contribution in [0.5, 0.6) is 0 Å². The Morgan fingerprint density at radius 2 is 2.20 bits per heavy atom. The predicted octanol–water partition coefficient (Wildman–Crippen LogP) is 3.18. The van der Waals surface area contributed by atoms with Crippen LogP contribution in [-0.4, -0.2) is 24.5 Å². The van der Waals surface area contributed by atoms with Gasteiger partial charge in [-0.15, -0.1) is 6.42 Å². The summed E-state index contributed by atoms with van der Waals surface area (Å²) in [6, 6.07) is 2.13. The minimum Gasteiger partial charge on any atom is -0.463 e. The van der Waals surface area contributed by atoms with Gasteiger partial charge in [0.15, 0.2) is 0 Å². The average molecular weight is 276 g/mol. The number of furan rings is 1. The van der Waals surface area contributed by atoms with Crippen LogP contribution in [0.1, 0.15) is 44.3 Å². The third-order valence-corrected chi connectivity index (χ3v) is 3.14. The average Bonchev–Trinajstić information content (AvgIpc) is 2.70. The van der Waals surface area contributed by atoms with Crippen molar-refractivity contribution in [3.63, 3.8) is 0 Å². The van der Waals surface area contributed by atoms with E-state index < -0.39 is 0 Å². The molecule has 20 heavy (non-hydrogen) atoms. The summed E-state index contributed by atoms with van der Waals surface area (Å²) in [6.07, 6.45) is 6.51. The van der Waals surface area contributed by atoms with Crippen molar-refractivity contribution < 1.29 is 4.42 Å². The molecule has 3 heteroatoms. The Morgan fingerprint density at radius 3 is 2.80 bits per heavy atom. The van der Waals surface area contributed by atoms with Crippen molar-refractivity contribution in [1.82, 2.24) is 10.2 Å². The summed E-state index contributed by atoms with van der Waals surface area (Å²) in [5.74, 6) is 5.41. The molecule has 0 amide bonds. The van der Waals surface area contributed by atoms with Crippen molar-refractivity contribution in [3.8, 4) is 12.3 Å². The quantitative estimate of drug-likeness (QED) is 0.702. The molecule has 0 aliphatic rings. The van der Waals surface area contributed by atoms with Crippen molar-refractivity contribution in [3.05, 3.63) is 23.2 Å². The van der Waals surface area contributed by atoms with Gasteiger partial charge in [0, 0.05) is 0 Å². The molecule has 0 aromatic carbocycles. The van der Waals surface area contributed by atoms with Crippen molar-refractivity contribution in [2.75, 3.05) is 19.6 Å². The maximum Gasteiger partial charge on any atom is 0.120 e. The summed E-state index contributed by atoms with van der Waals surface area (Å²) in [5, 5.41) is 3.42. The maximum atomic E-state index is 5.95. The van der Waals surface area contributed by atoms with Gasteiger partial charge in [-0.1, -0.05) is 26.7 Å². The molecule has 0 spiro atoms. The third-order valence-electron chi connectivity index (χ3n) is 3.14. The van der Waals surface area contributed by atoms with Crippen molar-refractivity contribution >= 4 is 0 Å². The van der Waals surface area contributed by atoms with E-state index >= 15 is 0 Å². The second-order valence-corrected chi connectivity index (χ2v) is 5.76. The number of nitrogens with zero attached hydrogens (tertiary/aromatic N) is 1. The van der Waals surface area contributed by atoms with Crippen LogP contribution >= 0.6 is 0 Å². The fourth-order valence-corrected chi connectivity index (χ4v) is 2.20. The molecule has 1 rings (SSSR count). The highest BCUT2D eigenvalue weighted by atomic mass is 16.3. The number of aryl methyl sites for hydroxylation is 1. The van der Waals surface area contributed by atoms with Gasteiger partial charge in [-0.25, -0.2) is 0 Å². The molecule has 0 atom stereocenters. The Labute approximate surface area is 123 Å². The molecule has 1 heterocycles. The molecule has 0 unspecified atom stereocenters. The molecular formula is C17H28N2O. The molecule has 0 aliphatic heterocycles. The molecule has 0 fully saturated rings. The van der Waals surface area contributed by atoms with E-state index in [-0.39, 0.29) is 0 Å². The second kappa shape index (κ2) is 8.84. The van der Waals surface area contributed by atoms with Gasteiger partial charge < -0.3 is 9.73 Å². The van der Waals surface area contributed by atoms with E-state index in [4.69, 9.17) is 10.8 Å². The SMILES string of the molecule is C#CCN(CCC)Cc1cc(C)c(CNCC(C)C)o1. The van der Waals surface area contributed by atoms with Crippen LogP contribution in [0.25, 0.3) is 0 Å². The number of hydrogen-bond donors (Lipinski definition) is 1. The van der Waals surface area contributed by atoms with Crippen LogP contribution in [0.15, 0.2) is 10.5 Å². The largest absolute Gasteiger partial charge is 0.463 e. The lowest BCUT2D eigenvalue weighted by atomic mass is 10.2.